The molecule has 0 radical (unpaired) electrons. The molecule has 0 aliphatic carbocycles. The molecule has 0 fully saturated rings. The molecule has 0 saturated heterocycles. The van der Waals surface area contributed by atoms with E-state index in [4.69, 9.17) is 0 Å². The fourth-order valence-electron chi connectivity index (χ4n) is 1.34. The summed E-state index contributed by atoms with van der Waals surface area (Å²) in [4.78, 5) is 14.8. The molecule has 0 spiro atoms. The molecule has 1 aromatic carbocycles. The number of amides is 1. The van der Waals surface area contributed by atoms with Crippen LogP contribution in [0.15, 0.2) is 30.3 Å². The average molecular weight is 231 g/mol. The van der Waals surface area contributed by atoms with Crippen LogP contribution in [0.4, 0.5) is 11.9 Å². The average Bonchev–Trinajstić information content (AvgIpc) is 2.75. The standard InChI is InChI=1S/C11H13N5O/c1-8(17)13-11-14-10(15-16-11)12-7-9-5-3-2-4-6-9/h2-6H,7H2,1H3,(H3,12,13,14,15,16,17). The van der Waals surface area contributed by atoms with Crippen LogP contribution < -0.4 is 10.6 Å². The van der Waals surface area contributed by atoms with Gasteiger partial charge in [-0.1, -0.05) is 30.3 Å². The first-order valence-corrected chi connectivity index (χ1v) is 5.22. The van der Waals surface area contributed by atoms with Gasteiger partial charge in [-0.3, -0.25) is 10.1 Å². The van der Waals surface area contributed by atoms with Crippen LogP contribution in [0.3, 0.4) is 0 Å². The summed E-state index contributed by atoms with van der Waals surface area (Å²) in [6.45, 7) is 2.06. The summed E-state index contributed by atoms with van der Waals surface area (Å²) in [5, 5.41) is 12.1. The summed E-state index contributed by atoms with van der Waals surface area (Å²) in [7, 11) is 0. The van der Waals surface area contributed by atoms with Crippen LogP contribution in [0.2, 0.25) is 0 Å². The van der Waals surface area contributed by atoms with Gasteiger partial charge < -0.3 is 5.32 Å². The molecule has 17 heavy (non-hydrogen) atoms. The van der Waals surface area contributed by atoms with Gasteiger partial charge in [0.2, 0.25) is 17.8 Å². The number of benzene rings is 1. The Hall–Kier alpha value is -2.37. The molecular formula is C11H13N5O. The van der Waals surface area contributed by atoms with E-state index >= 15 is 0 Å². The van der Waals surface area contributed by atoms with Crippen LogP contribution in [0, 0.1) is 0 Å². The van der Waals surface area contributed by atoms with Crippen LogP contribution in [0.1, 0.15) is 12.5 Å². The summed E-state index contributed by atoms with van der Waals surface area (Å²) in [6, 6.07) is 9.93. The Morgan fingerprint density at radius 2 is 2.12 bits per heavy atom. The van der Waals surface area contributed by atoms with E-state index in [9.17, 15) is 4.79 Å². The maximum absolute atomic E-state index is 10.8. The number of nitrogens with zero attached hydrogens (tertiary/aromatic N) is 2. The van der Waals surface area contributed by atoms with Crippen LogP contribution in [-0.2, 0) is 11.3 Å². The number of carbonyl (C=O) groups is 1. The van der Waals surface area contributed by atoms with E-state index in [0.29, 0.717) is 12.5 Å². The summed E-state index contributed by atoms with van der Waals surface area (Å²) < 4.78 is 0. The summed E-state index contributed by atoms with van der Waals surface area (Å²) >= 11 is 0. The van der Waals surface area contributed by atoms with Gasteiger partial charge in [-0.2, -0.15) is 4.98 Å². The molecule has 0 aliphatic heterocycles. The van der Waals surface area contributed by atoms with Crippen molar-refractivity contribution in [1.29, 1.82) is 0 Å². The van der Waals surface area contributed by atoms with Crippen LogP contribution in [0.25, 0.3) is 0 Å². The molecule has 2 rings (SSSR count). The molecule has 0 saturated carbocycles. The number of hydrogen-bond donors (Lipinski definition) is 3. The largest absolute Gasteiger partial charge is 0.350 e. The maximum Gasteiger partial charge on any atom is 0.250 e. The molecule has 2 aromatic rings. The molecule has 6 heteroatoms. The molecule has 1 heterocycles. The number of aromatic amines is 1. The minimum absolute atomic E-state index is 0.196. The number of carbonyl (C=O) groups excluding carboxylic acids is 1. The Balaban J connectivity index is 1.91. The summed E-state index contributed by atoms with van der Waals surface area (Å²) in [6.07, 6.45) is 0. The first-order chi connectivity index (χ1) is 8.24. The summed E-state index contributed by atoms with van der Waals surface area (Å²) in [5.41, 5.74) is 1.14. The Bertz CT molecular complexity index is 494. The SMILES string of the molecule is CC(=O)Nc1n[nH]c(NCc2ccccc2)n1. The minimum Gasteiger partial charge on any atom is -0.350 e. The maximum atomic E-state index is 10.8. The van der Waals surface area contributed by atoms with Crippen molar-refractivity contribution in [2.24, 2.45) is 0 Å². The lowest BCUT2D eigenvalue weighted by Gasteiger charge is -2.01. The Kier molecular flexibility index (Phi) is 3.34. The molecule has 1 amide bonds. The third kappa shape index (κ3) is 3.30. The fraction of sp³-hybridized carbons (Fsp3) is 0.182. The molecule has 6 nitrogen and oxygen atoms in total. The molecular weight excluding hydrogens is 218 g/mol. The van der Waals surface area contributed by atoms with Gasteiger partial charge in [-0.25, -0.2) is 5.10 Å². The number of rotatable bonds is 4. The predicted molar refractivity (Wildman–Crippen MR) is 64.5 cm³/mol. The van der Waals surface area contributed by atoms with Crippen LogP contribution in [0.5, 0.6) is 0 Å². The Morgan fingerprint density at radius 3 is 2.82 bits per heavy atom. The normalized spacial score (nSPS) is 9.94. The fourth-order valence-corrected chi connectivity index (χ4v) is 1.34. The highest BCUT2D eigenvalue weighted by Crippen LogP contribution is 2.05. The molecule has 0 bridgehead atoms. The van der Waals surface area contributed by atoms with Crippen LogP contribution in [-0.4, -0.2) is 21.1 Å². The third-order valence-corrected chi connectivity index (χ3v) is 2.08. The number of aromatic nitrogens is 3. The van der Waals surface area contributed by atoms with Gasteiger partial charge in [0.05, 0.1) is 0 Å². The first-order valence-electron chi connectivity index (χ1n) is 5.22. The highest BCUT2D eigenvalue weighted by Gasteiger charge is 2.03. The third-order valence-electron chi connectivity index (χ3n) is 2.08. The van der Waals surface area contributed by atoms with Gasteiger partial charge >= 0.3 is 0 Å². The highest BCUT2D eigenvalue weighted by atomic mass is 16.1. The van der Waals surface area contributed by atoms with Crippen molar-refractivity contribution in [3.63, 3.8) is 0 Å². The van der Waals surface area contributed by atoms with Gasteiger partial charge in [0.15, 0.2) is 0 Å². The second kappa shape index (κ2) is 5.11. The lowest BCUT2D eigenvalue weighted by molar-refractivity contribution is -0.114. The summed E-state index contributed by atoms with van der Waals surface area (Å²) in [5.74, 6) is 0.601. The van der Waals surface area contributed by atoms with E-state index in [1.807, 2.05) is 30.3 Å². The number of anilines is 2. The van der Waals surface area contributed by atoms with Gasteiger partial charge in [0.1, 0.15) is 0 Å². The quantitative estimate of drug-likeness (QED) is 0.742. The van der Waals surface area contributed by atoms with Crippen molar-refractivity contribution in [3.05, 3.63) is 35.9 Å². The zero-order chi connectivity index (χ0) is 12.1. The zero-order valence-electron chi connectivity index (χ0n) is 9.40. The Labute approximate surface area is 98.5 Å². The zero-order valence-corrected chi connectivity index (χ0v) is 9.40. The molecule has 88 valence electrons. The van der Waals surface area contributed by atoms with Gasteiger partial charge in [0.25, 0.3) is 0 Å². The van der Waals surface area contributed by atoms with Crippen molar-refractivity contribution in [2.75, 3.05) is 10.6 Å². The van der Waals surface area contributed by atoms with Crippen molar-refractivity contribution in [3.8, 4) is 0 Å². The smallest absolute Gasteiger partial charge is 0.250 e. The molecule has 0 unspecified atom stereocenters. The highest BCUT2D eigenvalue weighted by molar-refractivity contribution is 5.86. The minimum atomic E-state index is -0.196. The lowest BCUT2D eigenvalue weighted by Crippen LogP contribution is -2.07. The number of nitrogens with one attached hydrogen (secondary N) is 3. The van der Waals surface area contributed by atoms with Crippen molar-refractivity contribution < 1.29 is 4.79 Å². The van der Waals surface area contributed by atoms with E-state index in [0.717, 1.165) is 5.56 Å². The number of H-pyrrole nitrogens is 1. The second-order valence-electron chi connectivity index (χ2n) is 3.53. The Morgan fingerprint density at radius 1 is 1.35 bits per heavy atom. The molecule has 0 atom stereocenters. The molecule has 1 aromatic heterocycles. The topological polar surface area (TPSA) is 82.7 Å². The molecule has 0 aliphatic rings. The van der Waals surface area contributed by atoms with Crippen molar-refractivity contribution >= 4 is 17.8 Å². The lowest BCUT2D eigenvalue weighted by atomic mass is 10.2. The predicted octanol–water partition coefficient (Wildman–Crippen LogP) is 1.38. The van der Waals surface area contributed by atoms with Gasteiger partial charge in [-0.15, -0.1) is 5.10 Å². The van der Waals surface area contributed by atoms with E-state index in [2.05, 4.69) is 25.8 Å². The van der Waals surface area contributed by atoms with E-state index in [1.54, 1.807) is 0 Å². The first kappa shape index (κ1) is 11.1. The van der Waals surface area contributed by atoms with Crippen molar-refractivity contribution in [1.82, 2.24) is 15.2 Å². The van der Waals surface area contributed by atoms with Crippen molar-refractivity contribution in [2.45, 2.75) is 13.5 Å². The van der Waals surface area contributed by atoms with Gasteiger partial charge in [-0.05, 0) is 5.56 Å². The van der Waals surface area contributed by atoms with Gasteiger partial charge in [0, 0.05) is 13.5 Å². The second-order valence-corrected chi connectivity index (χ2v) is 3.53. The molecule has 3 N–H and O–H groups in total. The van der Waals surface area contributed by atoms with E-state index in [-0.39, 0.29) is 11.9 Å². The van der Waals surface area contributed by atoms with Crippen LogP contribution >= 0.6 is 0 Å². The number of hydrogen-bond acceptors (Lipinski definition) is 4. The van der Waals surface area contributed by atoms with E-state index < -0.39 is 0 Å². The van der Waals surface area contributed by atoms with E-state index in [1.165, 1.54) is 6.92 Å². The monoisotopic (exact) mass is 231 g/mol.